The summed E-state index contributed by atoms with van der Waals surface area (Å²) in [6.45, 7) is 0. The standard InChI is InChI=1S/C10H8F3I2NO4S/c11-10(12,13)8(4-21(18,19)20)16-9(17)6-2-1-5(14)3-7(6)15/h1-3,8H,4H2,(H,16,17)(H,18,19,20). The first-order chi connectivity index (χ1) is 9.40. The quantitative estimate of drug-likeness (QED) is 0.447. The summed E-state index contributed by atoms with van der Waals surface area (Å²) in [5, 5.41) is 1.58. The van der Waals surface area contributed by atoms with Crippen LogP contribution in [0.15, 0.2) is 18.2 Å². The highest BCUT2D eigenvalue weighted by atomic mass is 127. The highest BCUT2D eigenvalue weighted by molar-refractivity contribution is 14.1. The molecular weight excluding hydrogens is 541 g/mol. The zero-order valence-corrected chi connectivity index (χ0v) is 15.1. The van der Waals surface area contributed by atoms with Crippen LogP contribution in [0.3, 0.4) is 0 Å². The molecule has 0 saturated carbocycles. The van der Waals surface area contributed by atoms with Crippen LogP contribution in [-0.2, 0) is 10.1 Å². The maximum Gasteiger partial charge on any atom is 0.409 e. The smallest absolute Gasteiger partial charge is 0.339 e. The second-order valence-corrected chi connectivity index (χ2v) is 7.85. The number of carbonyl (C=O) groups excluding carboxylic acids is 1. The molecule has 1 rings (SSSR count). The predicted molar refractivity (Wildman–Crippen MR) is 85.6 cm³/mol. The highest BCUT2D eigenvalue weighted by Gasteiger charge is 2.43. The summed E-state index contributed by atoms with van der Waals surface area (Å²) in [6, 6.07) is 1.76. The lowest BCUT2D eigenvalue weighted by Crippen LogP contribution is -2.49. The minimum Gasteiger partial charge on any atom is -0.339 e. The van der Waals surface area contributed by atoms with E-state index >= 15 is 0 Å². The van der Waals surface area contributed by atoms with E-state index < -0.39 is 34.0 Å². The number of hydrogen-bond acceptors (Lipinski definition) is 3. The molecule has 5 nitrogen and oxygen atoms in total. The third-order valence-electron chi connectivity index (χ3n) is 2.25. The van der Waals surface area contributed by atoms with E-state index in [9.17, 15) is 26.4 Å². The molecule has 0 aliphatic heterocycles. The third-order valence-corrected chi connectivity index (χ3v) is 4.57. The first-order valence-corrected chi connectivity index (χ1v) is 8.94. The molecule has 1 aromatic carbocycles. The van der Waals surface area contributed by atoms with Crippen molar-refractivity contribution in [2.75, 3.05) is 5.75 Å². The molecular formula is C10H8F3I2NO4S. The Kier molecular flexibility index (Phi) is 6.26. The topological polar surface area (TPSA) is 83.5 Å². The van der Waals surface area contributed by atoms with Crippen LogP contribution in [0.4, 0.5) is 13.2 Å². The Morgan fingerprint density at radius 2 is 1.90 bits per heavy atom. The Balaban J connectivity index is 3.01. The van der Waals surface area contributed by atoms with Crippen LogP contribution in [0.1, 0.15) is 10.4 Å². The molecule has 1 atom stereocenters. The monoisotopic (exact) mass is 549 g/mol. The maximum absolute atomic E-state index is 12.7. The molecule has 0 heterocycles. The van der Waals surface area contributed by atoms with E-state index in [-0.39, 0.29) is 5.56 Å². The molecule has 1 unspecified atom stereocenters. The van der Waals surface area contributed by atoms with Gasteiger partial charge in [0.05, 0.1) is 5.56 Å². The first-order valence-electron chi connectivity index (χ1n) is 5.18. The predicted octanol–water partition coefficient (Wildman–Crippen LogP) is 2.44. The van der Waals surface area contributed by atoms with Crippen molar-refractivity contribution in [1.82, 2.24) is 5.32 Å². The average molecular weight is 549 g/mol. The van der Waals surface area contributed by atoms with Gasteiger partial charge >= 0.3 is 6.18 Å². The Morgan fingerprint density at radius 3 is 2.33 bits per heavy atom. The van der Waals surface area contributed by atoms with E-state index in [1.54, 1.807) is 34.0 Å². The van der Waals surface area contributed by atoms with Crippen molar-refractivity contribution >= 4 is 61.2 Å². The number of hydrogen-bond donors (Lipinski definition) is 2. The Morgan fingerprint density at radius 1 is 1.33 bits per heavy atom. The normalized spacial score (nSPS) is 13.8. The van der Waals surface area contributed by atoms with Crippen LogP contribution in [-0.4, -0.2) is 36.8 Å². The minimum absolute atomic E-state index is 0.0133. The summed E-state index contributed by atoms with van der Waals surface area (Å²) >= 11 is 3.76. The van der Waals surface area contributed by atoms with Crippen molar-refractivity contribution in [3.63, 3.8) is 0 Å². The van der Waals surface area contributed by atoms with E-state index in [0.717, 1.165) is 3.57 Å². The second-order valence-electron chi connectivity index (χ2n) is 3.94. The fourth-order valence-corrected chi connectivity index (χ4v) is 3.88. The van der Waals surface area contributed by atoms with E-state index in [1.165, 1.54) is 12.1 Å². The molecule has 0 aromatic heterocycles. The lowest BCUT2D eigenvalue weighted by Gasteiger charge is -2.20. The van der Waals surface area contributed by atoms with Gasteiger partial charge in [0.15, 0.2) is 0 Å². The van der Waals surface area contributed by atoms with Gasteiger partial charge in [0.1, 0.15) is 11.8 Å². The summed E-state index contributed by atoms with van der Waals surface area (Å²) in [5.74, 6) is -2.70. The number of benzene rings is 1. The maximum atomic E-state index is 12.7. The molecule has 0 aliphatic carbocycles. The summed E-state index contributed by atoms with van der Waals surface area (Å²) in [7, 11) is -4.89. The number of rotatable bonds is 4. The van der Waals surface area contributed by atoms with Crippen molar-refractivity contribution in [1.29, 1.82) is 0 Å². The van der Waals surface area contributed by atoms with Gasteiger partial charge in [0, 0.05) is 7.14 Å². The summed E-state index contributed by atoms with van der Waals surface area (Å²) in [4.78, 5) is 11.8. The van der Waals surface area contributed by atoms with Crippen molar-refractivity contribution in [2.24, 2.45) is 0 Å². The van der Waals surface area contributed by atoms with Crippen molar-refractivity contribution in [3.8, 4) is 0 Å². The molecule has 0 bridgehead atoms. The van der Waals surface area contributed by atoms with E-state index in [4.69, 9.17) is 4.55 Å². The van der Waals surface area contributed by atoms with Crippen LogP contribution in [0.25, 0.3) is 0 Å². The second kappa shape index (κ2) is 6.95. The molecule has 0 saturated heterocycles. The lowest BCUT2D eigenvalue weighted by atomic mass is 10.2. The Hall–Kier alpha value is -0.150. The molecule has 0 aliphatic rings. The molecule has 118 valence electrons. The molecule has 0 spiro atoms. The van der Waals surface area contributed by atoms with Gasteiger partial charge in [0.25, 0.3) is 16.0 Å². The van der Waals surface area contributed by atoms with Crippen LogP contribution < -0.4 is 5.32 Å². The number of nitrogens with one attached hydrogen (secondary N) is 1. The van der Waals surface area contributed by atoms with Gasteiger partial charge in [0.2, 0.25) is 0 Å². The summed E-state index contributed by atoms with van der Waals surface area (Å²) in [5.41, 5.74) is -0.0133. The van der Waals surface area contributed by atoms with E-state index in [2.05, 4.69) is 0 Å². The molecule has 11 heteroatoms. The fourth-order valence-electron chi connectivity index (χ4n) is 1.34. The van der Waals surface area contributed by atoms with E-state index in [0.29, 0.717) is 3.57 Å². The van der Waals surface area contributed by atoms with Gasteiger partial charge in [-0.2, -0.15) is 21.6 Å². The lowest BCUT2D eigenvalue weighted by molar-refractivity contribution is -0.148. The molecule has 0 fully saturated rings. The average Bonchev–Trinajstić information content (AvgIpc) is 2.24. The van der Waals surface area contributed by atoms with Crippen molar-refractivity contribution in [3.05, 3.63) is 30.9 Å². The van der Waals surface area contributed by atoms with Crippen molar-refractivity contribution < 1.29 is 30.9 Å². The number of carbonyl (C=O) groups is 1. The zero-order chi connectivity index (χ0) is 16.4. The zero-order valence-electron chi connectivity index (χ0n) is 9.99. The van der Waals surface area contributed by atoms with Gasteiger partial charge in [-0.05, 0) is 63.4 Å². The Bertz CT molecular complexity index is 648. The van der Waals surface area contributed by atoms with E-state index in [1.807, 2.05) is 22.6 Å². The summed E-state index contributed by atoms with van der Waals surface area (Å²) < 4.78 is 69.1. The minimum atomic E-state index is -5.00. The van der Waals surface area contributed by atoms with Crippen LogP contribution in [0.5, 0.6) is 0 Å². The Labute approximate surface area is 145 Å². The number of amides is 1. The molecule has 21 heavy (non-hydrogen) atoms. The van der Waals surface area contributed by atoms with Crippen LogP contribution in [0.2, 0.25) is 0 Å². The molecule has 0 radical (unpaired) electrons. The summed E-state index contributed by atoms with van der Waals surface area (Å²) in [6.07, 6.45) is -5.00. The molecule has 1 amide bonds. The van der Waals surface area contributed by atoms with Gasteiger partial charge in [-0.3, -0.25) is 9.35 Å². The van der Waals surface area contributed by atoms with Gasteiger partial charge in [-0.1, -0.05) is 0 Å². The number of halogens is 5. The van der Waals surface area contributed by atoms with Gasteiger partial charge in [-0.25, -0.2) is 0 Å². The van der Waals surface area contributed by atoms with Crippen LogP contribution >= 0.6 is 45.2 Å². The highest BCUT2D eigenvalue weighted by Crippen LogP contribution is 2.23. The molecule has 1 aromatic rings. The van der Waals surface area contributed by atoms with Crippen molar-refractivity contribution in [2.45, 2.75) is 12.2 Å². The van der Waals surface area contributed by atoms with Crippen LogP contribution in [0, 0.1) is 7.14 Å². The SMILES string of the molecule is O=C(NC(CS(=O)(=O)O)C(F)(F)F)c1ccc(I)cc1I. The third kappa shape index (κ3) is 6.23. The first kappa shape index (κ1) is 18.9. The number of alkyl halides is 3. The van der Waals surface area contributed by atoms with Gasteiger partial charge < -0.3 is 5.32 Å². The largest absolute Gasteiger partial charge is 0.409 e. The van der Waals surface area contributed by atoms with Gasteiger partial charge in [-0.15, -0.1) is 0 Å². The fraction of sp³-hybridized carbons (Fsp3) is 0.300. The molecule has 2 N–H and O–H groups in total.